The van der Waals surface area contributed by atoms with E-state index < -0.39 is 18.0 Å². The summed E-state index contributed by atoms with van der Waals surface area (Å²) in [6.45, 7) is 3.54. The molecule has 1 N–H and O–H groups in total. The molecule has 1 saturated heterocycles. The third kappa shape index (κ3) is 5.68. The monoisotopic (exact) mass is 458 g/mol. The number of aromatic nitrogens is 3. The summed E-state index contributed by atoms with van der Waals surface area (Å²) in [5.41, 5.74) is 0.930. The molecule has 0 spiro atoms. The summed E-state index contributed by atoms with van der Waals surface area (Å²) in [7, 11) is 0. The summed E-state index contributed by atoms with van der Waals surface area (Å²) in [5, 5.41) is 11.5. The average Bonchev–Trinajstić information content (AvgIpc) is 2.80. The van der Waals surface area contributed by atoms with Crippen LogP contribution in [-0.2, 0) is 0 Å². The minimum absolute atomic E-state index is 0.122. The number of pyridine rings is 1. The van der Waals surface area contributed by atoms with Gasteiger partial charge in [-0.05, 0) is 42.8 Å². The Labute approximate surface area is 188 Å². The molecule has 1 aliphatic rings. The van der Waals surface area contributed by atoms with E-state index in [0.29, 0.717) is 43.6 Å². The number of hydrogen-bond acceptors (Lipinski definition) is 7. The van der Waals surface area contributed by atoms with Crippen LogP contribution in [-0.4, -0.2) is 58.5 Å². The fraction of sp³-hybridized carbons (Fsp3) is 0.273. The number of nitrogens with one attached hydrogen (secondary N) is 1. The van der Waals surface area contributed by atoms with Gasteiger partial charge in [0.05, 0.1) is 5.56 Å². The fourth-order valence-electron chi connectivity index (χ4n) is 3.40. The topological polar surface area (TPSA) is 83.5 Å². The van der Waals surface area contributed by atoms with Crippen molar-refractivity contribution in [2.24, 2.45) is 0 Å². The summed E-state index contributed by atoms with van der Waals surface area (Å²) in [6, 6.07) is 12.7. The highest BCUT2D eigenvalue weighted by Gasteiger charge is 2.34. The second-order valence-corrected chi connectivity index (χ2v) is 7.45. The maximum absolute atomic E-state index is 12.8. The van der Waals surface area contributed by atoms with Gasteiger partial charge in [0, 0.05) is 32.4 Å². The Morgan fingerprint density at radius 1 is 0.970 bits per heavy atom. The number of carbonyl (C=O) groups is 1. The predicted molar refractivity (Wildman–Crippen MR) is 116 cm³/mol. The maximum atomic E-state index is 12.8. The normalized spacial score (nSPS) is 14.2. The van der Waals surface area contributed by atoms with Crippen LogP contribution >= 0.6 is 0 Å². The first kappa shape index (κ1) is 22.3. The second kappa shape index (κ2) is 9.31. The Balaban J connectivity index is 1.36. The van der Waals surface area contributed by atoms with Crippen LogP contribution in [0, 0.1) is 6.92 Å². The molecular weight excluding hydrogens is 437 g/mol. The van der Waals surface area contributed by atoms with Crippen LogP contribution < -0.4 is 15.0 Å². The predicted octanol–water partition coefficient (Wildman–Crippen LogP) is 3.78. The molecule has 1 aromatic carbocycles. The lowest BCUT2D eigenvalue weighted by Gasteiger charge is -2.35. The summed E-state index contributed by atoms with van der Waals surface area (Å²) >= 11 is 0. The van der Waals surface area contributed by atoms with Gasteiger partial charge in [0.15, 0.2) is 11.6 Å². The van der Waals surface area contributed by atoms with Crippen molar-refractivity contribution in [1.82, 2.24) is 20.1 Å². The van der Waals surface area contributed by atoms with Gasteiger partial charge in [0.25, 0.3) is 5.91 Å². The lowest BCUT2D eigenvalue weighted by Crippen LogP contribution is -2.49. The van der Waals surface area contributed by atoms with Gasteiger partial charge in [-0.15, -0.1) is 23.4 Å². The quantitative estimate of drug-likeness (QED) is 0.623. The number of piperazine rings is 1. The van der Waals surface area contributed by atoms with E-state index in [9.17, 15) is 18.0 Å². The summed E-state index contributed by atoms with van der Waals surface area (Å²) in [6.07, 6.45) is -3.12. The van der Waals surface area contributed by atoms with Gasteiger partial charge in [0.2, 0.25) is 0 Å². The fourth-order valence-corrected chi connectivity index (χ4v) is 3.40. The van der Waals surface area contributed by atoms with Crippen LogP contribution in [0.2, 0.25) is 0 Å². The molecule has 11 heteroatoms. The number of anilines is 3. The number of halogens is 3. The number of carbonyl (C=O) groups excluding carboxylic acids is 1. The van der Waals surface area contributed by atoms with Gasteiger partial charge in [-0.3, -0.25) is 4.79 Å². The summed E-state index contributed by atoms with van der Waals surface area (Å²) in [5.74, 6) is 0.834. The number of ether oxygens (including phenoxy) is 1. The minimum atomic E-state index is -4.87. The number of amides is 1. The Hall–Kier alpha value is -3.89. The van der Waals surface area contributed by atoms with Gasteiger partial charge in [-0.1, -0.05) is 18.2 Å². The molecule has 1 amide bonds. The molecule has 8 nitrogen and oxygen atoms in total. The zero-order valence-electron chi connectivity index (χ0n) is 17.7. The maximum Gasteiger partial charge on any atom is 0.573 e. The number of rotatable bonds is 5. The Morgan fingerprint density at radius 3 is 2.33 bits per heavy atom. The lowest BCUT2D eigenvalue weighted by molar-refractivity contribution is -0.274. The Morgan fingerprint density at radius 2 is 1.70 bits per heavy atom. The van der Waals surface area contributed by atoms with Crippen LogP contribution in [0.25, 0.3) is 0 Å². The molecule has 33 heavy (non-hydrogen) atoms. The zero-order valence-corrected chi connectivity index (χ0v) is 17.7. The summed E-state index contributed by atoms with van der Waals surface area (Å²) in [4.78, 5) is 20.5. The minimum Gasteiger partial charge on any atom is -0.405 e. The molecule has 0 atom stereocenters. The van der Waals surface area contributed by atoms with Crippen molar-refractivity contribution in [2.45, 2.75) is 13.3 Å². The molecule has 3 aromatic rings. The highest BCUT2D eigenvalue weighted by atomic mass is 19.4. The number of benzene rings is 1. The van der Waals surface area contributed by atoms with Crippen LogP contribution in [0.15, 0.2) is 54.7 Å². The molecule has 0 bridgehead atoms. The number of hydrogen-bond donors (Lipinski definition) is 1. The van der Waals surface area contributed by atoms with E-state index in [0.717, 1.165) is 11.6 Å². The van der Waals surface area contributed by atoms with E-state index >= 15 is 0 Å². The van der Waals surface area contributed by atoms with Crippen molar-refractivity contribution in [3.63, 3.8) is 0 Å². The number of para-hydroxylation sites is 1. The zero-order chi connectivity index (χ0) is 23.4. The smallest absolute Gasteiger partial charge is 0.405 e. The molecule has 2 aromatic heterocycles. The Bertz CT molecular complexity index is 1100. The third-order valence-corrected chi connectivity index (χ3v) is 5.05. The van der Waals surface area contributed by atoms with E-state index in [4.69, 9.17) is 0 Å². The first-order valence-electron chi connectivity index (χ1n) is 10.2. The van der Waals surface area contributed by atoms with E-state index in [1.807, 2.05) is 30.0 Å². The largest absolute Gasteiger partial charge is 0.573 e. The molecular formula is C22H21F3N6O2. The van der Waals surface area contributed by atoms with E-state index in [2.05, 4.69) is 25.2 Å². The second-order valence-electron chi connectivity index (χ2n) is 7.45. The van der Waals surface area contributed by atoms with Gasteiger partial charge in [-0.2, -0.15) is 0 Å². The first-order chi connectivity index (χ1) is 15.8. The molecule has 0 aliphatic carbocycles. The molecule has 0 radical (unpaired) electrons. The average molecular weight is 458 g/mol. The van der Waals surface area contributed by atoms with Crippen LogP contribution in [0.1, 0.15) is 15.9 Å². The van der Waals surface area contributed by atoms with Crippen LogP contribution in [0.3, 0.4) is 0 Å². The summed E-state index contributed by atoms with van der Waals surface area (Å²) < 4.78 is 42.0. The van der Waals surface area contributed by atoms with E-state index in [1.165, 1.54) is 23.1 Å². The van der Waals surface area contributed by atoms with Gasteiger partial charge < -0.3 is 19.9 Å². The molecule has 1 aliphatic heterocycles. The molecule has 0 saturated carbocycles. The van der Waals surface area contributed by atoms with Gasteiger partial charge in [0.1, 0.15) is 11.6 Å². The van der Waals surface area contributed by atoms with Crippen LogP contribution in [0.5, 0.6) is 5.75 Å². The van der Waals surface area contributed by atoms with Crippen molar-refractivity contribution in [2.75, 3.05) is 36.4 Å². The number of aryl methyl sites for hydroxylation is 1. The number of alkyl halides is 3. The van der Waals surface area contributed by atoms with E-state index in [-0.39, 0.29) is 5.56 Å². The number of nitrogens with zero attached hydrogens (tertiary/aromatic N) is 5. The van der Waals surface area contributed by atoms with Crippen molar-refractivity contribution in [1.29, 1.82) is 0 Å². The standard InChI is InChI=1S/C22H21F3N6O2/c1-15-6-7-18(26-14-15)27-19-8-9-20(29-28-19)30-10-12-31(13-11-30)21(32)16-4-2-3-5-17(16)33-22(23,24)25/h2-9,14H,10-13H2,1H3,(H,26,27,28). The SMILES string of the molecule is Cc1ccc(Nc2ccc(N3CCN(C(=O)c4ccccc4OC(F)(F)F)CC3)nn2)nc1. The van der Waals surface area contributed by atoms with Crippen molar-refractivity contribution in [3.05, 3.63) is 65.9 Å². The molecule has 1 fully saturated rings. The van der Waals surface area contributed by atoms with Gasteiger partial charge in [-0.25, -0.2) is 4.98 Å². The molecule has 4 rings (SSSR count). The van der Waals surface area contributed by atoms with Crippen LogP contribution in [0.4, 0.5) is 30.6 Å². The molecule has 3 heterocycles. The molecule has 172 valence electrons. The van der Waals surface area contributed by atoms with Crippen molar-refractivity contribution >= 4 is 23.4 Å². The highest BCUT2D eigenvalue weighted by molar-refractivity contribution is 5.97. The third-order valence-electron chi connectivity index (χ3n) is 5.05. The Kier molecular flexibility index (Phi) is 6.29. The molecule has 0 unspecified atom stereocenters. The van der Waals surface area contributed by atoms with Crippen molar-refractivity contribution in [3.8, 4) is 5.75 Å². The van der Waals surface area contributed by atoms with E-state index in [1.54, 1.807) is 12.3 Å². The van der Waals surface area contributed by atoms with Crippen molar-refractivity contribution < 1.29 is 22.7 Å². The highest BCUT2D eigenvalue weighted by Crippen LogP contribution is 2.27. The van der Waals surface area contributed by atoms with Gasteiger partial charge >= 0.3 is 6.36 Å². The lowest BCUT2D eigenvalue weighted by atomic mass is 10.1. The first-order valence-corrected chi connectivity index (χ1v) is 10.2.